The second-order valence-electron chi connectivity index (χ2n) is 3.46. The molecule has 2 saturated heterocycles. The van der Waals surface area contributed by atoms with Gasteiger partial charge in [0.1, 0.15) is 0 Å². The lowest BCUT2D eigenvalue weighted by molar-refractivity contribution is -0.138. The molecule has 0 aromatic carbocycles. The number of morpholine rings is 1. The zero-order chi connectivity index (χ0) is 8.55. The summed E-state index contributed by atoms with van der Waals surface area (Å²) < 4.78 is 5.59. The third-order valence-corrected chi connectivity index (χ3v) is 2.57. The number of carbonyl (C=O) groups excluding carboxylic acids is 1. The number of ether oxygens (including phenoxy) is 1. The summed E-state index contributed by atoms with van der Waals surface area (Å²) in [6.45, 7) is 1.61. The average molecular weight is 170 g/mol. The fourth-order valence-electron chi connectivity index (χ4n) is 1.95. The molecule has 1 amide bonds. The minimum atomic E-state index is 0.0511. The number of fused-ring (bicyclic) bond motifs is 2. The molecule has 2 fully saturated rings. The maximum absolute atomic E-state index is 11.2. The van der Waals surface area contributed by atoms with E-state index in [1.54, 1.807) is 0 Å². The zero-order valence-electron chi connectivity index (χ0n) is 7.03. The van der Waals surface area contributed by atoms with Gasteiger partial charge in [0, 0.05) is 13.1 Å². The first-order valence-corrected chi connectivity index (χ1v) is 4.43. The molecule has 2 aliphatic rings. The summed E-state index contributed by atoms with van der Waals surface area (Å²) in [6, 6.07) is 0. The van der Waals surface area contributed by atoms with E-state index in [0.29, 0.717) is 0 Å². The molecule has 0 spiro atoms. The van der Waals surface area contributed by atoms with E-state index in [0.717, 1.165) is 25.9 Å². The Balaban J connectivity index is 1.98. The Morgan fingerprint density at radius 2 is 2.00 bits per heavy atom. The lowest BCUT2D eigenvalue weighted by Crippen LogP contribution is -2.47. The van der Waals surface area contributed by atoms with E-state index in [4.69, 9.17) is 10.5 Å². The van der Waals surface area contributed by atoms with Gasteiger partial charge in [-0.05, 0) is 12.8 Å². The van der Waals surface area contributed by atoms with Crippen LogP contribution in [-0.2, 0) is 9.53 Å². The number of carbonyl (C=O) groups is 1. The number of rotatable bonds is 1. The smallest absolute Gasteiger partial charge is 0.236 e. The van der Waals surface area contributed by atoms with Crippen LogP contribution in [0.3, 0.4) is 0 Å². The lowest BCUT2D eigenvalue weighted by Gasteiger charge is -2.31. The van der Waals surface area contributed by atoms with Crippen LogP contribution in [0, 0.1) is 0 Å². The zero-order valence-corrected chi connectivity index (χ0v) is 7.03. The third kappa shape index (κ3) is 1.32. The largest absolute Gasteiger partial charge is 0.371 e. The molecule has 4 nitrogen and oxygen atoms in total. The van der Waals surface area contributed by atoms with E-state index in [-0.39, 0.29) is 24.7 Å². The van der Waals surface area contributed by atoms with Gasteiger partial charge in [-0.15, -0.1) is 0 Å². The van der Waals surface area contributed by atoms with Crippen LogP contribution in [-0.4, -0.2) is 42.6 Å². The van der Waals surface area contributed by atoms with Gasteiger partial charge < -0.3 is 15.4 Å². The summed E-state index contributed by atoms with van der Waals surface area (Å²) in [5.74, 6) is 0.0511. The molecular formula is C8H14N2O2. The fourth-order valence-corrected chi connectivity index (χ4v) is 1.95. The van der Waals surface area contributed by atoms with Gasteiger partial charge in [0.25, 0.3) is 0 Å². The van der Waals surface area contributed by atoms with Crippen LogP contribution in [0.4, 0.5) is 0 Å². The third-order valence-electron chi connectivity index (χ3n) is 2.57. The maximum Gasteiger partial charge on any atom is 0.236 e. The Labute approximate surface area is 71.7 Å². The van der Waals surface area contributed by atoms with Gasteiger partial charge >= 0.3 is 0 Å². The average Bonchev–Trinajstić information content (AvgIpc) is 2.44. The summed E-state index contributed by atoms with van der Waals surface area (Å²) in [5, 5.41) is 0. The molecule has 0 aromatic rings. The topological polar surface area (TPSA) is 55.6 Å². The van der Waals surface area contributed by atoms with Crippen molar-refractivity contribution in [3.05, 3.63) is 0 Å². The highest BCUT2D eigenvalue weighted by atomic mass is 16.5. The fraction of sp³-hybridized carbons (Fsp3) is 0.875. The van der Waals surface area contributed by atoms with Gasteiger partial charge in [0.2, 0.25) is 5.91 Å². The molecule has 68 valence electrons. The van der Waals surface area contributed by atoms with Crippen molar-refractivity contribution >= 4 is 5.91 Å². The van der Waals surface area contributed by atoms with Gasteiger partial charge in [0.15, 0.2) is 0 Å². The predicted molar refractivity (Wildman–Crippen MR) is 43.5 cm³/mol. The molecule has 2 bridgehead atoms. The summed E-state index contributed by atoms with van der Waals surface area (Å²) in [7, 11) is 0. The second-order valence-corrected chi connectivity index (χ2v) is 3.46. The van der Waals surface area contributed by atoms with Crippen molar-refractivity contribution < 1.29 is 9.53 Å². The number of hydrogen-bond acceptors (Lipinski definition) is 3. The van der Waals surface area contributed by atoms with Crippen molar-refractivity contribution in [3.63, 3.8) is 0 Å². The van der Waals surface area contributed by atoms with Crippen LogP contribution in [0.2, 0.25) is 0 Å². The van der Waals surface area contributed by atoms with E-state index >= 15 is 0 Å². The summed E-state index contributed by atoms with van der Waals surface area (Å²) in [4.78, 5) is 13.1. The number of likely N-dealkylation sites (tertiary alicyclic amines) is 1. The van der Waals surface area contributed by atoms with Crippen molar-refractivity contribution in [3.8, 4) is 0 Å². The van der Waals surface area contributed by atoms with E-state index < -0.39 is 0 Å². The Morgan fingerprint density at radius 1 is 1.42 bits per heavy atom. The van der Waals surface area contributed by atoms with Crippen molar-refractivity contribution in [1.82, 2.24) is 4.90 Å². The van der Waals surface area contributed by atoms with Crippen LogP contribution in [0.5, 0.6) is 0 Å². The van der Waals surface area contributed by atoms with E-state index in [1.807, 2.05) is 4.90 Å². The number of hydrogen-bond donors (Lipinski definition) is 1. The van der Waals surface area contributed by atoms with E-state index in [9.17, 15) is 4.79 Å². The van der Waals surface area contributed by atoms with Crippen molar-refractivity contribution in [2.75, 3.05) is 19.6 Å². The maximum atomic E-state index is 11.2. The summed E-state index contributed by atoms with van der Waals surface area (Å²) in [5.41, 5.74) is 5.28. The molecule has 4 heteroatoms. The quantitative estimate of drug-likeness (QED) is 0.568. The van der Waals surface area contributed by atoms with Gasteiger partial charge in [0.05, 0.1) is 18.8 Å². The van der Waals surface area contributed by atoms with Gasteiger partial charge in [-0.25, -0.2) is 0 Å². The normalized spacial score (nSPS) is 33.9. The van der Waals surface area contributed by atoms with E-state index in [1.165, 1.54) is 0 Å². The SMILES string of the molecule is NCC(=O)N1CC2CCC(C1)O2. The molecule has 2 aliphatic heterocycles. The molecule has 0 radical (unpaired) electrons. The minimum Gasteiger partial charge on any atom is -0.371 e. The highest BCUT2D eigenvalue weighted by Gasteiger charge is 2.35. The Morgan fingerprint density at radius 3 is 2.50 bits per heavy atom. The summed E-state index contributed by atoms with van der Waals surface area (Å²) >= 11 is 0. The van der Waals surface area contributed by atoms with Gasteiger partial charge in [-0.2, -0.15) is 0 Å². The minimum absolute atomic E-state index is 0.0511. The molecule has 2 unspecified atom stereocenters. The molecule has 2 atom stereocenters. The van der Waals surface area contributed by atoms with Gasteiger partial charge in [-0.1, -0.05) is 0 Å². The van der Waals surface area contributed by atoms with Crippen LogP contribution >= 0.6 is 0 Å². The molecule has 0 saturated carbocycles. The van der Waals surface area contributed by atoms with Crippen LogP contribution < -0.4 is 5.73 Å². The van der Waals surface area contributed by atoms with Crippen molar-refractivity contribution in [1.29, 1.82) is 0 Å². The highest BCUT2D eigenvalue weighted by Crippen LogP contribution is 2.25. The molecule has 12 heavy (non-hydrogen) atoms. The molecule has 2 N–H and O–H groups in total. The Bertz CT molecular complexity index is 183. The molecular weight excluding hydrogens is 156 g/mol. The molecule has 2 heterocycles. The first kappa shape index (κ1) is 8.01. The summed E-state index contributed by atoms with van der Waals surface area (Å²) in [6.07, 6.45) is 2.75. The standard InChI is InChI=1S/C8H14N2O2/c9-3-8(11)10-4-6-1-2-7(5-10)12-6/h6-7H,1-5,9H2. The van der Waals surface area contributed by atoms with Crippen LogP contribution in [0.1, 0.15) is 12.8 Å². The van der Waals surface area contributed by atoms with Crippen LogP contribution in [0.25, 0.3) is 0 Å². The molecule has 0 aromatic heterocycles. The van der Waals surface area contributed by atoms with Gasteiger partial charge in [-0.3, -0.25) is 4.79 Å². The van der Waals surface area contributed by atoms with Crippen LogP contribution in [0.15, 0.2) is 0 Å². The lowest BCUT2D eigenvalue weighted by atomic mass is 10.2. The Hall–Kier alpha value is -0.610. The number of nitrogens with zero attached hydrogens (tertiary/aromatic N) is 1. The molecule has 0 aliphatic carbocycles. The molecule has 2 rings (SSSR count). The second kappa shape index (κ2) is 3.03. The Kier molecular flexibility index (Phi) is 2.02. The van der Waals surface area contributed by atoms with Crippen molar-refractivity contribution in [2.45, 2.75) is 25.0 Å². The first-order chi connectivity index (χ1) is 5.79. The highest BCUT2D eigenvalue weighted by molar-refractivity contribution is 5.78. The van der Waals surface area contributed by atoms with E-state index in [2.05, 4.69) is 0 Å². The first-order valence-electron chi connectivity index (χ1n) is 4.43. The van der Waals surface area contributed by atoms with Crippen molar-refractivity contribution in [2.24, 2.45) is 5.73 Å². The monoisotopic (exact) mass is 170 g/mol. The number of amides is 1. The number of nitrogens with two attached hydrogens (primary N) is 1. The predicted octanol–water partition coefficient (Wildman–Crippen LogP) is -0.665.